The van der Waals surface area contributed by atoms with Crippen LogP contribution in [0.1, 0.15) is 54.4 Å². The van der Waals surface area contributed by atoms with E-state index >= 15 is 0 Å². The number of aliphatic hydroxyl groups is 1. The Labute approximate surface area is 155 Å². The fraction of sp³-hybridized carbons (Fsp3) is 0.579. The maximum atomic E-state index is 12.8. The number of carbonyl (C=O) groups excluding carboxylic acids is 2. The summed E-state index contributed by atoms with van der Waals surface area (Å²) < 4.78 is 0.993. The smallest absolute Gasteiger partial charge is 0.254 e. The van der Waals surface area contributed by atoms with E-state index in [1.54, 1.807) is 4.90 Å². The van der Waals surface area contributed by atoms with Gasteiger partial charge in [0.25, 0.3) is 5.91 Å². The molecule has 1 spiro atoms. The van der Waals surface area contributed by atoms with E-state index in [1.165, 1.54) is 0 Å². The highest BCUT2D eigenvalue weighted by Crippen LogP contribution is 2.52. The third-order valence-corrected chi connectivity index (χ3v) is 6.26. The van der Waals surface area contributed by atoms with Crippen molar-refractivity contribution >= 4 is 27.7 Å². The summed E-state index contributed by atoms with van der Waals surface area (Å²) in [5.41, 5.74) is 1.89. The molecule has 4 rings (SSSR count). The van der Waals surface area contributed by atoms with E-state index in [0.29, 0.717) is 13.0 Å². The van der Waals surface area contributed by atoms with Crippen molar-refractivity contribution in [2.75, 3.05) is 13.1 Å². The summed E-state index contributed by atoms with van der Waals surface area (Å²) in [4.78, 5) is 26.9. The van der Waals surface area contributed by atoms with Crippen molar-refractivity contribution in [2.24, 2.45) is 0 Å². The number of nitrogens with one attached hydrogen (secondary N) is 1. The zero-order valence-corrected chi connectivity index (χ0v) is 15.7. The second-order valence-electron chi connectivity index (χ2n) is 7.72. The summed E-state index contributed by atoms with van der Waals surface area (Å²) in [5.74, 6) is -0.178. The van der Waals surface area contributed by atoms with Gasteiger partial charge in [-0.05, 0) is 62.3 Å². The Hall–Kier alpha value is -1.40. The van der Waals surface area contributed by atoms with Crippen LogP contribution in [0.5, 0.6) is 0 Å². The Morgan fingerprint density at radius 1 is 1.36 bits per heavy atom. The van der Waals surface area contributed by atoms with Crippen LogP contribution in [0.4, 0.5) is 0 Å². The lowest BCUT2D eigenvalue weighted by molar-refractivity contribution is -0.123. The zero-order valence-electron chi connectivity index (χ0n) is 14.1. The molecule has 0 radical (unpaired) electrons. The fourth-order valence-electron chi connectivity index (χ4n) is 4.28. The molecule has 1 aromatic rings. The summed E-state index contributed by atoms with van der Waals surface area (Å²) in [7, 11) is 0. The average molecular weight is 407 g/mol. The van der Waals surface area contributed by atoms with E-state index in [9.17, 15) is 14.7 Å². The maximum Gasteiger partial charge on any atom is 0.254 e. The van der Waals surface area contributed by atoms with Gasteiger partial charge in [0.15, 0.2) is 0 Å². The van der Waals surface area contributed by atoms with Gasteiger partial charge in [0.1, 0.15) is 0 Å². The third kappa shape index (κ3) is 3.34. The van der Waals surface area contributed by atoms with Crippen LogP contribution in [0.2, 0.25) is 0 Å². The number of aliphatic hydroxyl groups excluding tert-OH is 1. The van der Waals surface area contributed by atoms with Crippen molar-refractivity contribution in [3.8, 4) is 0 Å². The second kappa shape index (κ2) is 6.40. The summed E-state index contributed by atoms with van der Waals surface area (Å²) in [6.07, 6.45) is 5.06. The Kier molecular flexibility index (Phi) is 4.36. The number of hydrogen-bond donors (Lipinski definition) is 2. The Morgan fingerprint density at radius 2 is 2.16 bits per heavy atom. The number of halogens is 1. The van der Waals surface area contributed by atoms with Crippen molar-refractivity contribution in [3.05, 3.63) is 33.8 Å². The minimum absolute atomic E-state index is 0.0225. The van der Waals surface area contributed by atoms with Gasteiger partial charge >= 0.3 is 0 Å². The van der Waals surface area contributed by atoms with Gasteiger partial charge in [-0.25, -0.2) is 0 Å². The van der Waals surface area contributed by atoms with E-state index in [4.69, 9.17) is 0 Å². The molecule has 1 aliphatic heterocycles. The van der Waals surface area contributed by atoms with Gasteiger partial charge in [-0.1, -0.05) is 15.9 Å². The SMILES string of the molecule is O=C(CN1CC2(CC2)c2cc(Br)ccc2C1=O)N[C@@H]1CCC[C@@H](O)C1. The molecule has 3 aliphatic rings. The molecule has 2 fully saturated rings. The molecule has 2 saturated carbocycles. The number of fused-ring (bicyclic) bond motifs is 2. The molecule has 25 heavy (non-hydrogen) atoms. The van der Waals surface area contributed by atoms with Gasteiger partial charge in [-0.15, -0.1) is 0 Å². The lowest BCUT2D eigenvalue weighted by Crippen LogP contribution is -2.50. The predicted molar refractivity (Wildman–Crippen MR) is 97.4 cm³/mol. The number of nitrogens with zero attached hydrogens (tertiary/aromatic N) is 1. The highest BCUT2D eigenvalue weighted by atomic mass is 79.9. The Bertz CT molecular complexity index is 717. The zero-order chi connectivity index (χ0) is 17.6. The van der Waals surface area contributed by atoms with Crippen LogP contribution in [0.15, 0.2) is 22.7 Å². The normalized spacial score (nSPS) is 27.1. The number of amides is 2. The van der Waals surface area contributed by atoms with E-state index in [0.717, 1.165) is 47.7 Å². The highest BCUT2D eigenvalue weighted by molar-refractivity contribution is 9.10. The minimum Gasteiger partial charge on any atom is -0.393 e. The summed E-state index contributed by atoms with van der Waals surface area (Å²) in [5, 5.41) is 12.7. The van der Waals surface area contributed by atoms with Gasteiger partial charge in [0, 0.05) is 28.0 Å². The van der Waals surface area contributed by atoms with Gasteiger partial charge < -0.3 is 15.3 Å². The third-order valence-electron chi connectivity index (χ3n) is 5.76. The molecule has 6 heteroatoms. The maximum absolute atomic E-state index is 12.8. The lowest BCUT2D eigenvalue weighted by atomic mass is 9.86. The molecule has 134 valence electrons. The standard InChI is InChI=1S/C19H23BrN2O3/c20-12-4-5-15-16(8-12)19(6-7-19)11-22(18(15)25)10-17(24)21-13-2-1-3-14(23)9-13/h4-5,8,13-14,23H,1-3,6-7,9-11H2,(H,21,24)/t13-,14-/m1/s1. The van der Waals surface area contributed by atoms with Gasteiger partial charge in [0.2, 0.25) is 5.91 Å². The number of rotatable bonds is 3. The molecule has 0 bridgehead atoms. The van der Waals surface area contributed by atoms with Crippen molar-refractivity contribution in [3.63, 3.8) is 0 Å². The lowest BCUT2D eigenvalue weighted by Gasteiger charge is -2.35. The van der Waals surface area contributed by atoms with E-state index in [-0.39, 0.29) is 35.9 Å². The first-order chi connectivity index (χ1) is 12.0. The fourth-order valence-corrected chi connectivity index (χ4v) is 4.64. The Morgan fingerprint density at radius 3 is 2.88 bits per heavy atom. The Balaban J connectivity index is 1.46. The molecule has 2 atom stereocenters. The minimum atomic E-state index is -0.323. The first-order valence-corrected chi connectivity index (χ1v) is 9.83. The molecule has 2 aliphatic carbocycles. The van der Waals surface area contributed by atoms with Crippen molar-refractivity contribution in [1.82, 2.24) is 10.2 Å². The van der Waals surface area contributed by atoms with Gasteiger partial charge in [-0.2, -0.15) is 0 Å². The van der Waals surface area contributed by atoms with Gasteiger partial charge in [0.05, 0.1) is 12.6 Å². The molecule has 0 aromatic heterocycles. The van der Waals surface area contributed by atoms with Crippen molar-refractivity contribution in [1.29, 1.82) is 0 Å². The van der Waals surface area contributed by atoms with Crippen LogP contribution in [0.3, 0.4) is 0 Å². The monoisotopic (exact) mass is 406 g/mol. The van der Waals surface area contributed by atoms with Crippen LogP contribution in [-0.4, -0.2) is 47.1 Å². The van der Waals surface area contributed by atoms with E-state index in [2.05, 4.69) is 27.3 Å². The average Bonchev–Trinajstić information content (AvgIpc) is 3.33. The largest absolute Gasteiger partial charge is 0.393 e. The molecule has 2 N–H and O–H groups in total. The molecule has 5 nitrogen and oxygen atoms in total. The topological polar surface area (TPSA) is 69.6 Å². The van der Waals surface area contributed by atoms with Crippen molar-refractivity contribution < 1.29 is 14.7 Å². The molecule has 0 saturated heterocycles. The quantitative estimate of drug-likeness (QED) is 0.809. The molecule has 0 unspecified atom stereocenters. The molecule has 2 amide bonds. The van der Waals surface area contributed by atoms with E-state index in [1.807, 2.05) is 12.1 Å². The summed E-state index contributed by atoms with van der Waals surface area (Å²) >= 11 is 3.50. The van der Waals surface area contributed by atoms with Crippen LogP contribution < -0.4 is 5.32 Å². The van der Waals surface area contributed by atoms with Crippen LogP contribution >= 0.6 is 15.9 Å². The predicted octanol–water partition coefficient (Wildman–Crippen LogP) is 2.36. The first kappa shape index (κ1) is 17.0. The van der Waals surface area contributed by atoms with Crippen molar-refractivity contribution in [2.45, 2.75) is 56.1 Å². The molecule has 1 heterocycles. The molecule has 1 aromatic carbocycles. The summed E-state index contributed by atoms with van der Waals surface area (Å²) in [6, 6.07) is 5.83. The summed E-state index contributed by atoms with van der Waals surface area (Å²) in [6.45, 7) is 0.721. The molecular formula is C19H23BrN2O3. The number of hydrogen-bond acceptors (Lipinski definition) is 3. The molecular weight excluding hydrogens is 384 g/mol. The van der Waals surface area contributed by atoms with Gasteiger partial charge in [-0.3, -0.25) is 9.59 Å². The highest BCUT2D eigenvalue weighted by Gasteiger charge is 2.51. The number of carbonyl (C=O) groups is 2. The van der Waals surface area contributed by atoms with Crippen LogP contribution in [0, 0.1) is 0 Å². The van der Waals surface area contributed by atoms with Crippen LogP contribution in [0.25, 0.3) is 0 Å². The van der Waals surface area contributed by atoms with E-state index < -0.39 is 0 Å². The first-order valence-electron chi connectivity index (χ1n) is 9.04. The number of benzene rings is 1. The second-order valence-corrected chi connectivity index (χ2v) is 8.63. The van der Waals surface area contributed by atoms with Crippen LogP contribution in [-0.2, 0) is 10.2 Å².